The van der Waals surface area contributed by atoms with E-state index in [1.807, 2.05) is 72.8 Å². The van der Waals surface area contributed by atoms with Crippen molar-refractivity contribution in [3.8, 4) is 28.3 Å². The largest absolute Gasteiger partial charge is 0.507 e. The number of phenols is 1. The smallest absolute Gasteiger partial charge is 0.124 e. The average Bonchev–Trinajstić information content (AvgIpc) is 2.87. The van der Waals surface area contributed by atoms with Gasteiger partial charge in [0.15, 0.2) is 0 Å². The van der Waals surface area contributed by atoms with Crippen molar-refractivity contribution < 1.29 is 5.11 Å². The predicted octanol–water partition coefficient (Wildman–Crippen LogP) is 7.26. The molecular formula is C29H22N2OS. The first-order valence-electron chi connectivity index (χ1n) is 10.8. The highest BCUT2D eigenvalue weighted by molar-refractivity contribution is 7.99. The Kier molecular flexibility index (Phi) is 6.18. The second kappa shape index (κ2) is 9.72. The van der Waals surface area contributed by atoms with Crippen LogP contribution in [0.2, 0.25) is 0 Å². The Labute approximate surface area is 197 Å². The maximum Gasteiger partial charge on any atom is 0.124 e. The Morgan fingerprint density at radius 1 is 0.667 bits per heavy atom. The number of benzene rings is 3. The Morgan fingerprint density at radius 2 is 1.48 bits per heavy atom. The van der Waals surface area contributed by atoms with Crippen molar-refractivity contribution in [3.05, 3.63) is 127 Å². The fraction of sp³-hybridized carbons (Fsp3) is 0.0345. The normalized spacial score (nSPS) is 10.8. The lowest BCUT2D eigenvalue weighted by atomic mass is 10.00. The molecule has 0 aliphatic rings. The topological polar surface area (TPSA) is 46.0 Å². The van der Waals surface area contributed by atoms with Crippen molar-refractivity contribution in [2.24, 2.45) is 0 Å². The van der Waals surface area contributed by atoms with Gasteiger partial charge in [0.1, 0.15) is 10.8 Å². The third-order valence-corrected chi connectivity index (χ3v) is 6.27. The molecule has 0 unspecified atom stereocenters. The summed E-state index contributed by atoms with van der Waals surface area (Å²) in [6.45, 7) is 0. The number of aromatic hydroxyl groups is 1. The fourth-order valence-corrected chi connectivity index (χ4v) is 4.56. The minimum absolute atomic E-state index is 0.232. The van der Waals surface area contributed by atoms with Gasteiger partial charge >= 0.3 is 0 Å². The molecule has 0 amide bonds. The van der Waals surface area contributed by atoms with E-state index < -0.39 is 0 Å². The van der Waals surface area contributed by atoms with Crippen LogP contribution in [0.5, 0.6) is 5.75 Å². The minimum Gasteiger partial charge on any atom is -0.507 e. The van der Waals surface area contributed by atoms with Crippen molar-refractivity contribution in [2.75, 3.05) is 0 Å². The molecule has 0 fully saturated rings. The lowest BCUT2D eigenvalue weighted by Gasteiger charge is -2.10. The number of nitrogens with zero attached hydrogens (tertiary/aromatic N) is 2. The summed E-state index contributed by atoms with van der Waals surface area (Å²) in [4.78, 5) is 10.4. The van der Waals surface area contributed by atoms with Crippen LogP contribution in [0.1, 0.15) is 11.1 Å². The lowest BCUT2D eigenvalue weighted by molar-refractivity contribution is 0.477. The van der Waals surface area contributed by atoms with E-state index in [0.29, 0.717) is 0 Å². The first-order chi connectivity index (χ1) is 16.2. The van der Waals surface area contributed by atoms with Crippen LogP contribution in [0.15, 0.2) is 125 Å². The molecule has 0 bridgehead atoms. The minimum atomic E-state index is 0.232. The molecule has 2 aromatic heterocycles. The SMILES string of the molecule is Oc1ccc(Cc2ccccc2)cc1-c1cccc(-c2cccc(Sc3ccccn3)c2)n1. The zero-order chi connectivity index (χ0) is 22.5. The molecule has 0 aliphatic carbocycles. The molecule has 3 nitrogen and oxygen atoms in total. The van der Waals surface area contributed by atoms with Gasteiger partial charge in [-0.05, 0) is 66.1 Å². The van der Waals surface area contributed by atoms with E-state index >= 15 is 0 Å². The van der Waals surface area contributed by atoms with E-state index in [0.717, 1.165) is 44.4 Å². The van der Waals surface area contributed by atoms with Gasteiger partial charge in [-0.25, -0.2) is 9.97 Å². The quantitative estimate of drug-likeness (QED) is 0.298. The molecule has 5 rings (SSSR count). The van der Waals surface area contributed by atoms with Gasteiger partial charge in [0, 0.05) is 22.2 Å². The van der Waals surface area contributed by atoms with E-state index in [-0.39, 0.29) is 5.75 Å². The van der Waals surface area contributed by atoms with Crippen LogP contribution in [0.25, 0.3) is 22.5 Å². The van der Waals surface area contributed by atoms with Crippen molar-refractivity contribution in [2.45, 2.75) is 16.3 Å². The predicted molar refractivity (Wildman–Crippen MR) is 134 cm³/mol. The maximum absolute atomic E-state index is 10.6. The summed E-state index contributed by atoms with van der Waals surface area (Å²) in [6, 6.07) is 36.2. The number of phenolic OH excluding ortho intramolecular Hbond substituents is 1. The molecule has 0 aliphatic heterocycles. The molecule has 1 N–H and O–H groups in total. The molecule has 5 aromatic rings. The van der Waals surface area contributed by atoms with Gasteiger partial charge in [-0.15, -0.1) is 0 Å². The second-order valence-corrected chi connectivity index (χ2v) is 8.81. The second-order valence-electron chi connectivity index (χ2n) is 7.72. The highest BCUT2D eigenvalue weighted by Crippen LogP contribution is 2.33. The molecule has 2 heterocycles. The van der Waals surface area contributed by atoms with Gasteiger partial charge in [-0.3, -0.25) is 0 Å². The molecule has 3 aromatic carbocycles. The van der Waals surface area contributed by atoms with E-state index in [1.54, 1.807) is 24.0 Å². The lowest BCUT2D eigenvalue weighted by Crippen LogP contribution is -1.92. The number of aromatic nitrogens is 2. The first kappa shape index (κ1) is 21.0. The Morgan fingerprint density at radius 3 is 2.33 bits per heavy atom. The Balaban J connectivity index is 1.44. The van der Waals surface area contributed by atoms with Crippen LogP contribution in [-0.2, 0) is 6.42 Å². The summed E-state index contributed by atoms with van der Waals surface area (Å²) in [7, 11) is 0. The van der Waals surface area contributed by atoms with Crippen molar-refractivity contribution >= 4 is 11.8 Å². The van der Waals surface area contributed by atoms with Crippen LogP contribution < -0.4 is 0 Å². The molecule has 4 heteroatoms. The van der Waals surface area contributed by atoms with Gasteiger partial charge in [-0.2, -0.15) is 0 Å². The third kappa shape index (κ3) is 5.13. The van der Waals surface area contributed by atoms with E-state index in [9.17, 15) is 5.11 Å². The van der Waals surface area contributed by atoms with E-state index in [1.165, 1.54) is 5.56 Å². The molecule has 0 saturated carbocycles. The first-order valence-corrected chi connectivity index (χ1v) is 11.6. The molecule has 0 saturated heterocycles. The van der Waals surface area contributed by atoms with Crippen LogP contribution >= 0.6 is 11.8 Å². The Bertz CT molecular complexity index is 1370. The Hall–Kier alpha value is -3.89. The molecule has 0 spiro atoms. The number of pyridine rings is 2. The van der Waals surface area contributed by atoms with E-state index in [2.05, 4.69) is 35.3 Å². The molecule has 0 atom stereocenters. The van der Waals surface area contributed by atoms with Gasteiger partial charge in [0.2, 0.25) is 0 Å². The zero-order valence-electron chi connectivity index (χ0n) is 17.9. The van der Waals surface area contributed by atoms with Gasteiger partial charge < -0.3 is 5.11 Å². The van der Waals surface area contributed by atoms with Crippen molar-refractivity contribution in [1.82, 2.24) is 9.97 Å². The fourth-order valence-electron chi connectivity index (χ4n) is 3.72. The standard InChI is InChI=1S/C29H22N2OS/c32-28-16-15-22(18-21-8-2-1-3-9-21)19-25(28)27-13-7-12-26(31-27)23-10-6-11-24(20-23)33-29-14-4-5-17-30-29/h1-17,19-20,32H,18H2. The van der Waals surface area contributed by atoms with Gasteiger partial charge in [0.05, 0.1) is 11.4 Å². The summed E-state index contributed by atoms with van der Waals surface area (Å²) in [5.41, 5.74) is 5.75. The van der Waals surface area contributed by atoms with Crippen LogP contribution in [0.3, 0.4) is 0 Å². The summed E-state index contributed by atoms with van der Waals surface area (Å²) < 4.78 is 0. The average molecular weight is 447 g/mol. The third-order valence-electron chi connectivity index (χ3n) is 5.33. The molecular weight excluding hydrogens is 424 g/mol. The van der Waals surface area contributed by atoms with E-state index in [4.69, 9.17) is 4.98 Å². The summed E-state index contributed by atoms with van der Waals surface area (Å²) >= 11 is 1.62. The van der Waals surface area contributed by atoms with Crippen LogP contribution in [-0.4, -0.2) is 15.1 Å². The van der Waals surface area contributed by atoms with Crippen LogP contribution in [0, 0.1) is 0 Å². The molecule has 33 heavy (non-hydrogen) atoms. The summed E-state index contributed by atoms with van der Waals surface area (Å²) in [6.07, 6.45) is 2.61. The summed E-state index contributed by atoms with van der Waals surface area (Å²) in [5, 5.41) is 11.5. The highest BCUT2D eigenvalue weighted by Gasteiger charge is 2.10. The summed E-state index contributed by atoms with van der Waals surface area (Å²) in [5.74, 6) is 0.232. The zero-order valence-corrected chi connectivity index (χ0v) is 18.7. The highest BCUT2D eigenvalue weighted by atomic mass is 32.2. The number of hydrogen-bond acceptors (Lipinski definition) is 4. The molecule has 0 radical (unpaired) electrons. The van der Waals surface area contributed by atoms with Gasteiger partial charge in [0.25, 0.3) is 0 Å². The number of hydrogen-bond donors (Lipinski definition) is 1. The van der Waals surface area contributed by atoms with Gasteiger partial charge in [-0.1, -0.05) is 72.4 Å². The van der Waals surface area contributed by atoms with Crippen molar-refractivity contribution in [3.63, 3.8) is 0 Å². The molecule has 160 valence electrons. The maximum atomic E-state index is 10.6. The number of rotatable bonds is 6. The monoisotopic (exact) mass is 446 g/mol. The van der Waals surface area contributed by atoms with Crippen molar-refractivity contribution in [1.29, 1.82) is 0 Å². The van der Waals surface area contributed by atoms with Crippen LogP contribution in [0.4, 0.5) is 0 Å².